The van der Waals surface area contributed by atoms with Crippen LogP contribution in [0, 0.1) is 0 Å². The van der Waals surface area contributed by atoms with Crippen molar-refractivity contribution in [1.82, 2.24) is 14.9 Å². The van der Waals surface area contributed by atoms with E-state index in [0.717, 1.165) is 33.7 Å². The van der Waals surface area contributed by atoms with Gasteiger partial charge in [-0.15, -0.1) is 0 Å². The molecule has 0 aliphatic carbocycles. The summed E-state index contributed by atoms with van der Waals surface area (Å²) >= 11 is 1.51. The molecule has 0 aliphatic heterocycles. The van der Waals surface area contributed by atoms with Gasteiger partial charge in [-0.2, -0.15) is 0 Å². The van der Waals surface area contributed by atoms with Gasteiger partial charge in [-0.1, -0.05) is 91.5 Å². The molecule has 0 saturated carbocycles. The molecule has 0 aliphatic rings. The van der Waals surface area contributed by atoms with Gasteiger partial charge in [0.25, 0.3) is 0 Å². The molecular weight excluding hydrogens is 470 g/mol. The van der Waals surface area contributed by atoms with E-state index < -0.39 is 0 Å². The van der Waals surface area contributed by atoms with E-state index >= 15 is 0 Å². The second-order valence-electron chi connectivity index (χ2n) is 8.57. The van der Waals surface area contributed by atoms with E-state index in [1.807, 2.05) is 103 Å². The minimum Gasteiger partial charge on any atom is -0.461 e. The second-order valence-corrected chi connectivity index (χ2v) is 9.63. The fraction of sp³-hybridized carbons (Fsp3) is 0.276. The topological polar surface area (TPSA) is 73.2 Å². The highest BCUT2D eigenvalue weighted by molar-refractivity contribution is 7.99. The van der Waals surface area contributed by atoms with Crippen LogP contribution < -0.4 is 5.32 Å². The zero-order valence-electron chi connectivity index (χ0n) is 20.6. The molecule has 1 N–H and O–H groups in total. The Morgan fingerprint density at radius 2 is 1.56 bits per heavy atom. The van der Waals surface area contributed by atoms with Crippen molar-refractivity contribution in [1.29, 1.82) is 0 Å². The lowest BCUT2D eigenvalue weighted by Gasteiger charge is -2.18. The lowest BCUT2D eigenvalue weighted by Crippen LogP contribution is -2.31. The van der Waals surface area contributed by atoms with Gasteiger partial charge in [0, 0.05) is 12.3 Å². The Bertz CT molecular complexity index is 1250. The smallest absolute Gasteiger partial charge is 0.326 e. The summed E-state index contributed by atoms with van der Waals surface area (Å²) in [6, 6.07) is 27.4. The van der Waals surface area contributed by atoms with E-state index in [1.165, 1.54) is 11.8 Å². The second kappa shape index (κ2) is 12.4. The van der Waals surface area contributed by atoms with Crippen molar-refractivity contribution in [2.75, 3.05) is 12.3 Å². The van der Waals surface area contributed by atoms with Gasteiger partial charge in [0.15, 0.2) is 5.16 Å². The Morgan fingerprint density at radius 1 is 0.944 bits per heavy atom. The highest BCUT2D eigenvalue weighted by Crippen LogP contribution is 2.26. The summed E-state index contributed by atoms with van der Waals surface area (Å²) in [5.41, 5.74) is 3.62. The number of hydrogen-bond donors (Lipinski definition) is 1. The van der Waals surface area contributed by atoms with Crippen molar-refractivity contribution in [2.45, 2.75) is 44.0 Å². The number of carbonyl (C=O) groups excluding carboxylic acids is 2. The van der Waals surface area contributed by atoms with Gasteiger partial charge in [0.1, 0.15) is 6.54 Å². The van der Waals surface area contributed by atoms with Gasteiger partial charge in [-0.25, -0.2) is 4.98 Å². The predicted molar refractivity (Wildman–Crippen MR) is 144 cm³/mol. The number of imidazole rings is 1. The van der Waals surface area contributed by atoms with Crippen molar-refractivity contribution < 1.29 is 14.3 Å². The van der Waals surface area contributed by atoms with E-state index in [-0.39, 0.29) is 30.4 Å². The molecular formula is C29H31N3O3S. The molecule has 1 amide bonds. The summed E-state index contributed by atoms with van der Waals surface area (Å²) in [4.78, 5) is 30.5. The number of carbonyl (C=O) groups is 2. The molecule has 3 aromatic carbocycles. The minimum absolute atomic E-state index is 0.0429. The first-order valence-electron chi connectivity index (χ1n) is 12.2. The quantitative estimate of drug-likeness (QED) is 0.169. The number of amides is 1. The SMILES string of the molecule is CCC(C)OC(=O)Cn1c(SCCNC(=O)C(c2ccccc2)c2ccccc2)nc2ccccc21. The zero-order chi connectivity index (χ0) is 25.3. The van der Waals surface area contributed by atoms with Crippen LogP contribution >= 0.6 is 11.8 Å². The lowest BCUT2D eigenvalue weighted by atomic mass is 9.90. The van der Waals surface area contributed by atoms with E-state index in [1.54, 1.807) is 0 Å². The first kappa shape index (κ1) is 25.5. The number of benzene rings is 3. The number of thioether (sulfide) groups is 1. The van der Waals surface area contributed by atoms with Crippen molar-refractivity contribution in [3.8, 4) is 0 Å². The van der Waals surface area contributed by atoms with Crippen LogP contribution in [-0.4, -0.2) is 39.8 Å². The Labute approximate surface area is 216 Å². The van der Waals surface area contributed by atoms with Crippen LogP contribution in [0.2, 0.25) is 0 Å². The maximum absolute atomic E-state index is 13.2. The fourth-order valence-electron chi connectivity index (χ4n) is 4.00. The number of para-hydroxylation sites is 2. The van der Waals surface area contributed by atoms with Gasteiger partial charge in [-0.3, -0.25) is 9.59 Å². The molecule has 4 rings (SSSR count). The molecule has 7 heteroatoms. The molecule has 0 radical (unpaired) electrons. The highest BCUT2D eigenvalue weighted by atomic mass is 32.2. The first-order valence-corrected chi connectivity index (χ1v) is 13.2. The third kappa shape index (κ3) is 6.34. The van der Waals surface area contributed by atoms with Gasteiger partial charge >= 0.3 is 5.97 Å². The molecule has 1 unspecified atom stereocenters. The van der Waals surface area contributed by atoms with Crippen molar-refractivity contribution in [2.24, 2.45) is 0 Å². The minimum atomic E-state index is -0.378. The zero-order valence-corrected chi connectivity index (χ0v) is 21.4. The monoisotopic (exact) mass is 501 g/mol. The summed E-state index contributed by atoms with van der Waals surface area (Å²) in [7, 11) is 0. The Morgan fingerprint density at radius 3 is 2.19 bits per heavy atom. The maximum Gasteiger partial charge on any atom is 0.326 e. The predicted octanol–water partition coefficient (Wildman–Crippen LogP) is 5.42. The Balaban J connectivity index is 1.43. The number of esters is 1. The van der Waals surface area contributed by atoms with E-state index in [0.29, 0.717) is 12.3 Å². The van der Waals surface area contributed by atoms with Crippen molar-refractivity contribution in [3.05, 3.63) is 96.1 Å². The average molecular weight is 502 g/mol. The van der Waals surface area contributed by atoms with Crippen LogP contribution in [0.1, 0.15) is 37.3 Å². The molecule has 0 saturated heterocycles. The normalized spacial score (nSPS) is 12.0. The van der Waals surface area contributed by atoms with Crippen molar-refractivity contribution >= 4 is 34.7 Å². The van der Waals surface area contributed by atoms with Crippen molar-refractivity contribution in [3.63, 3.8) is 0 Å². The summed E-state index contributed by atoms with van der Waals surface area (Å²) < 4.78 is 7.38. The summed E-state index contributed by atoms with van der Waals surface area (Å²) in [6.07, 6.45) is 0.644. The number of fused-ring (bicyclic) bond motifs is 1. The van der Waals surface area contributed by atoms with E-state index in [2.05, 4.69) is 5.32 Å². The van der Waals surface area contributed by atoms with Gasteiger partial charge < -0.3 is 14.6 Å². The number of ether oxygens (including phenoxy) is 1. The van der Waals surface area contributed by atoms with E-state index in [9.17, 15) is 9.59 Å². The van der Waals surface area contributed by atoms with Gasteiger partial charge in [-0.05, 0) is 36.6 Å². The third-order valence-electron chi connectivity index (χ3n) is 5.97. The van der Waals surface area contributed by atoms with Crippen LogP contribution in [0.25, 0.3) is 11.0 Å². The number of aromatic nitrogens is 2. The van der Waals surface area contributed by atoms with Crippen LogP contribution in [0.4, 0.5) is 0 Å². The third-order valence-corrected chi connectivity index (χ3v) is 6.95. The Hall–Kier alpha value is -3.58. The molecule has 36 heavy (non-hydrogen) atoms. The number of nitrogens with zero attached hydrogens (tertiary/aromatic N) is 2. The Kier molecular flexibility index (Phi) is 8.79. The standard InChI is InChI=1S/C29H31N3O3S/c1-3-21(2)35-26(33)20-32-25-17-11-10-16-24(25)31-29(32)36-19-18-30-28(34)27(22-12-6-4-7-13-22)23-14-8-5-9-15-23/h4-17,21,27H,3,18-20H2,1-2H3,(H,30,34). The molecule has 1 atom stereocenters. The van der Waals surface area contributed by atoms with Gasteiger partial charge in [0.05, 0.1) is 23.1 Å². The average Bonchev–Trinajstić information content (AvgIpc) is 3.25. The molecule has 186 valence electrons. The van der Waals surface area contributed by atoms with Crippen LogP contribution in [-0.2, 0) is 20.9 Å². The number of hydrogen-bond acceptors (Lipinski definition) is 5. The first-order chi connectivity index (χ1) is 17.6. The highest BCUT2D eigenvalue weighted by Gasteiger charge is 2.22. The lowest BCUT2D eigenvalue weighted by molar-refractivity contribution is -0.149. The van der Waals surface area contributed by atoms with Crippen LogP contribution in [0.3, 0.4) is 0 Å². The molecule has 0 bridgehead atoms. The van der Waals surface area contributed by atoms with Crippen LogP contribution in [0.5, 0.6) is 0 Å². The fourth-order valence-corrected chi connectivity index (χ4v) is 4.86. The summed E-state index contributed by atoms with van der Waals surface area (Å²) in [6.45, 7) is 4.45. The number of rotatable bonds is 11. The molecule has 0 spiro atoms. The molecule has 0 fully saturated rings. The summed E-state index contributed by atoms with van der Waals surface area (Å²) in [5.74, 6) is -0.0849. The van der Waals surface area contributed by atoms with E-state index in [4.69, 9.17) is 9.72 Å². The van der Waals surface area contributed by atoms with Gasteiger partial charge in [0.2, 0.25) is 5.91 Å². The molecule has 1 heterocycles. The maximum atomic E-state index is 13.2. The molecule has 4 aromatic rings. The number of nitrogens with one attached hydrogen (secondary N) is 1. The summed E-state index contributed by atoms with van der Waals surface area (Å²) in [5, 5.41) is 3.82. The largest absolute Gasteiger partial charge is 0.461 e. The molecule has 1 aromatic heterocycles. The molecule has 6 nitrogen and oxygen atoms in total. The van der Waals surface area contributed by atoms with Crippen LogP contribution in [0.15, 0.2) is 90.1 Å².